The first-order valence-corrected chi connectivity index (χ1v) is 6.54. The van der Waals surface area contributed by atoms with E-state index in [4.69, 9.17) is 25.8 Å². The van der Waals surface area contributed by atoms with Crippen molar-refractivity contribution in [3.63, 3.8) is 0 Å². The Labute approximate surface area is 121 Å². The first-order chi connectivity index (χ1) is 9.76. The van der Waals surface area contributed by atoms with E-state index in [1.807, 2.05) is 24.3 Å². The first kappa shape index (κ1) is 13.1. The number of hydrogen-bond acceptors (Lipinski definition) is 4. The molecule has 0 bridgehead atoms. The highest BCUT2D eigenvalue weighted by Crippen LogP contribution is 2.38. The molecule has 1 aliphatic heterocycles. The highest BCUT2D eigenvalue weighted by atomic mass is 35.5. The molecule has 0 saturated heterocycles. The van der Waals surface area contributed by atoms with Crippen molar-refractivity contribution in [3.8, 4) is 17.2 Å². The van der Waals surface area contributed by atoms with Crippen LogP contribution < -0.4 is 14.2 Å². The maximum Gasteiger partial charge on any atom is 0.231 e. The van der Waals surface area contributed by atoms with Crippen molar-refractivity contribution in [2.75, 3.05) is 6.79 Å². The Bertz CT molecular complexity index is 610. The molecule has 1 N–H and O–H groups in total. The molecule has 4 nitrogen and oxygen atoms in total. The van der Waals surface area contributed by atoms with Gasteiger partial charge in [-0.1, -0.05) is 23.7 Å². The quantitative estimate of drug-likeness (QED) is 0.940. The largest absolute Gasteiger partial charge is 0.488 e. The molecule has 104 valence electrons. The molecule has 0 fully saturated rings. The van der Waals surface area contributed by atoms with E-state index in [0.717, 1.165) is 5.56 Å². The monoisotopic (exact) mass is 292 g/mol. The van der Waals surface area contributed by atoms with E-state index in [1.165, 1.54) is 0 Å². The summed E-state index contributed by atoms with van der Waals surface area (Å²) >= 11 is 5.84. The summed E-state index contributed by atoms with van der Waals surface area (Å²) in [5, 5.41) is 10.1. The van der Waals surface area contributed by atoms with E-state index in [-0.39, 0.29) is 13.4 Å². The highest BCUT2D eigenvalue weighted by molar-refractivity contribution is 6.30. The van der Waals surface area contributed by atoms with Crippen molar-refractivity contribution in [1.82, 2.24) is 0 Å². The van der Waals surface area contributed by atoms with Crippen molar-refractivity contribution >= 4 is 11.6 Å². The number of fused-ring (bicyclic) bond motifs is 1. The lowest BCUT2D eigenvalue weighted by atomic mass is 10.2. The molecule has 5 heteroatoms. The second-order valence-electron chi connectivity index (χ2n) is 4.39. The van der Waals surface area contributed by atoms with Crippen LogP contribution in [0.3, 0.4) is 0 Å². The van der Waals surface area contributed by atoms with E-state index >= 15 is 0 Å². The van der Waals surface area contributed by atoms with Gasteiger partial charge in [-0.15, -0.1) is 0 Å². The van der Waals surface area contributed by atoms with Gasteiger partial charge in [0.1, 0.15) is 12.4 Å². The highest BCUT2D eigenvalue weighted by Gasteiger charge is 2.17. The van der Waals surface area contributed by atoms with Crippen molar-refractivity contribution in [2.24, 2.45) is 0 Å². The molecule has 0 amide bonds. The van der Waals surface area contributed by atoms with E-state index in [0.29, 0.717) is 34.4 Å². The van der Waals surface area contributed by atoms with Crippen molar-refractivity contribution in [1.29, 1.82) is 0 Å². The normalized spacial score (nSPS) is 12.5. The molecule has 3 rings (SSSR count). The Hall–Kier alpha value is -1.91. The summed E-state index contributed by atoms with van der Waals surface area (Å²) in [6.07, 6.45) is 0. The van der Waals surface area contributed by atoms with E-state index in [2.05, 4.69) is 0 Å². The molecule has 0 saturated carbocycles. The van der Waals surface area contributed by atoms with Gasteiger partial charge < -0.3 is 19.3 Å². The third-order valence-electron chi connectivity index (χ3n) is 3.03. The van der Waals surface area contributed by atoms with Gasteiger partial charge in [0, 0.05) is 16.7 Å². The molecule has 1 heterocycles. The standard InChI is InChI=1S/C15H13ClO4/c16-12-3-1-10(2-4-12)8-18-13-6-15-14(19-9-20-15)5-11(13)7-17/h1-6,17H,7-9H2. The fourth-order valence-corrected chi connectivity index (χ4v) is 2.09. The minimum absolute atomic E-state index is 0.118. The van der Waals surface area contributed by atoms with E-state index < -0.39 is 0 Å². The number of ether oxygens (including phenoxy) is 3. The smallest absolute Gasteiger partial charge is 0.231 e. The lowest BCUT2D eigenvalue weighted by molar-refractivity contribution is 0.173. The van der Waals surface area contributed by atoms with Crippen molar-refractivity contribution < 1.29 is 19.3 Å². The van der Waals surface area contributed by atoms with Gasteiger partial charge in [-0.05, 0) is 23.8 Å². The molecular weight excluding hydrogens is 280 g/mol. The molecule has 2 aromatic rings. The van der Waals surface area contributed by atoms with Gasteiger partial charge >= 0.3 is 0 Å². The maximum atomic E-state index is 9.39. The second kappa shape index (κ2) is 5.61. The minimum atomic E-state index is -0.118. The summed E-state index contributed by atoms with van der Waals surface area (Å²) in [7, 11) is 0. The number of aliphatic hydroxyl groups is 1. The van der Waals surface area contributed by atoms with Gasteiger partial charge in [-0.25, -0.2) is 0 Å². The molecule has 20 heavy (non-hydrogen) atoms. The van der Waals surface area contributed by atoms with Gasteiger partial charge in [-0.3, -0.25) is 0 Å². The molecule has 0 aromatic heterocycles. The molecule has 0 spiro atoms. The Kier molecular flexibility index (Phi) is 3.67. The zero-order valence-corrected chi connectivity index (χ0v) is 11.4. The summed E-state index contributed by atoms with van der Waals surface area (Å²) in [4.78, 5) is 0. The predicted octanol–water partition coefficient (Wildman–Crippen LogP) is 3.14. The van der Waals surface area contributed by atoms with Crippen LogP contribution in [0.2, 0.25) is 5.02 Å². The average Bonchev–Trinajstić information content (AvgIpc) is 2.92. The SMILES string of the molecule is OCc1cc2c(cc1OCc1ccc(Cl)cc1)OCO2. The maximum absolute atomic E-state index is 9.39. The minimum Gasteiger partial charge on any atom is -0.488 e. The number of halogens is 1. The third kappa shape index (κ3) is 2.66. The van der Waals surface area contributed by atoms with Gasteiger partial charge in [-0.2, -0.15) is 0 Å². The Balaban J connectivity index is 1.78. The zero-order chi connectivity index (χ0) is 13.9. The predicted molar refractivity (Wildman–Crippen MR) is 74.3 cm³/mol. The molecule has 0 radical (unpaired) electrons. The third-order valence-corrected chi connectivity index (χ3v) is 3.29. The van der Waals surface area contributed by atoms with Gasteiger partial charge in [0.05, 0.1) is 6.61 Å². The van der Waals surface area contributed by atoms with Crippen LogP contribution in [-0.2, 0) is 13.2 Å². The van der Waals surface area contributed by atoms with Crippen LogP contribution >= 0.6 is 11.6 Å². The van der Waals surface area contributed by atoms with Crippen molar-refractivity contribution in [3.05, 3.63) is 52.5 Å². The molecule has 0 atom stereocenters. The fraction of sp³-hybridized carbons (Fsp3) is 0.200. The number of rotatable bonds is 4. The first-order valence-electron chi connectivity index (χ1n) is 6.17. The number of aliphatic hydroxyl groups excluding tert-OH is 1. The second-order valence-corrected chi connectivity index (χ2v) is 4.82. The van der Waals surface area contributed by atoms with Crippen LogP contribution in [-0.4, -0.2) is 11.9 Å². The number of benzene rings is 2. The molecule has 2 aromatic carbocycles. The summed E-state index contributed by atoms with van der Waals surface area (Å²) in [5.41, 5.74) is 1.67. The van der Waals surface area contributed by atoms with Crippen LogP contribution in [0, 0.1) is 0 Å². The lowest BCUT2D eigenvalue weighted by Gasteiger charge is -2.11. The molecule has 0 aliphatic carbocycles. The van der Waals surface area contributed by atoms with Gasteiger partial charge in [0.2, 0.25) is 6.79 Å². The van der Waals surface area contributed by atoms with Gasteiger partial charge in [0.25, 0.3) is 0 Å². The Morgan fingerprint density at radius 1 is 1.10 bits per heavy atom. The topological polar surface area (TPSA) is 47.9 Å². The fourth-order valence-electron chi connectivity index (χ4n) is 1.97. The lowest BCUT2D eigenvalue weighted by Crippen LogP contribution is -1.99. The van der Waals surface area contributed by atoms with Crippen LogP contribution in [0.5, 0.6) is 17.2 Å². The van der Waals surface area contributed by atoms with Crippen molar-refractivity contribution in [2.45, 2.75) is 13.2 Å². The molecule has 1 aliphatic rings. The van der Waals surface area contributed by atoms with Crippen LogP contribution in [0.15, 0.2) is 36.4 Å². The summed E-state index contributed by atoms with van der Waals surface area (Å²) < 4.78 is 16.3. The molecular formula is C15H13ClO4. The van der Waals surface area contributed by atoms with Crippen LogP contribution in [0.25, 0.3) is 0 Å². The van der Waals surface area contributed by atoms with Gasteiger partial charge in [0.15, 0.2) is 11.5 Å². The average molecular weight is 293 g/mol. The van der Waals surface area contributed by atoms with Crippen LogP contribution in [0.1, 0.15) is 11.1 Å². The molecule has 0 unspecified atom stereocenters. The van der Waals surface area contributed by atoms with E-state index in [9.17, 15) is 5.11 Å². The summed E-state index contributed by atoms with van der Waals surface area (Å²) in [6, 6.07) is 10.9. The van der Waals surface area contributed by atoms with E-state index in [1.54, 1.807) is 12.1 Å². The Morgan fingerprint density at radius 2 is 1.80 bits per heavy atom. The Morgan fingerprint density at radius 3 is 2.50 bits per heavy atom. The summed E-state index contributed by atoms with van der Waals surface area (Å²) in [5.74, 6) is 1.85. The summed E-state index contributed by atoms with van der Waals surface area (Å²) in [6.45, 7) is 0.469. The zero-order valence-electron chi connectivity index (χ0n) is 10.6. The number of hydrogen-bond donors (Lipinski definition) is 1. The van der Waals surface area contributed by atoms with Crippen LogP contribution in [0.4, 0.5) is 0 Å².